The number of nitrogens with one attached hydrogen (secondary N) is 3. The number of sulfonamides is 1. The lowest BCUT2D eigenvalue weighted by molar-refractivity contribution is -0.123. The Morgan fingerprint density at radius 2 is 1.85 bits per heavy atom. The Morgan fingerprint density at radius 1 is 1.20 bits per heavy atom. The number of hydrogen-bond acceptors (Lipinski definition) is 5. The van der Waals surface area contributed by atoms with E-state index in [9.17, 15) is 18.0 Å². The normalized spacial score (nSPS) is 10.9. The molecular weight excluding hydrogens is 284 g/mol. The molecule has 0 heterocycles. The Labute approximate surface area is 116 Å². The molecule has 110 valence electrons. The highest BCUT2D eigenvalue weighted by Crippen LogP contribution is 2.19. The van der Waals surface area contributed by atoms with E-state index >= 15 is 0 Å². The minimum Gasteiger partial charge on any atom is -0.346 e. The van der Waals surface area contributed by atoms with Gasteiger partial charge in [-0.15, -0.1) is 0 Å². The molecule has 0 aliphatic heterocycles. The molecule has 0 aromatic heterocycles. The van der Waals surface area contributed by atoms with Gasteiger partial charge in [0.05, 0.1) is 18.8 Å². The van der Waals surface area contributed by atoms with Gasteiger partial charge in [-0.1, -0.05) is 12.1 Å². The van der Waals surface area contributed by atoms with E-state index in [0.29, 0.717) is 0 Å². The number of nitrogens with two attached hydrogens (primary N) is 1. The van der Waals surface area contributed by atoms with Crippen LogP contribution in [-0.2, 0) is 19.6 Å². The third-order valence-electron chi connectivity index (χ3n) is 2.35. The average Bonchev–Trinajstić information content (AvgIpc) is 2.45. The van der Waals surface area contributed by atoms with Crippen molar-refractivity contribution in [1.82, 2.24) is 10.0 Å². The van der Waals surface area contributed by atoms with E-state index in [2.05, 4.69) is 15.4 Å². The second kappa shape index (κ2) is 6.98. The fourth-order valence-corrected chi connectivity index (χ4v) is 2.25. The van der Waals surface area contributed by atoms with Crippen LogP contribution in [0.3, 0.4) is 0 Å². The van der Waals surface area contributed by atoms with Crippen LogP contribution in [0.4, 0.5) is 5.69 Å². The van der Waals surface area contributed by atoms with Gasteiger partial charge in [0.2, 0.25) is 21.8 Å². The number of rotatable bonds is 6. The number of carbonyl (C=O) groups is 2. The van der Waals surface area contributed by atoms with Crippen molar-refractivity contribution < 1.29 is 18.0 Å². The fourth-order valence-electron chi connectivity index (χ4n) is 1.36. The van der Waals surface area contributed by atoms with Crippen molar-refractivity contribution >= 4 is 27.5 Å². The Morgan fingerprint density at radius 3 is 2.45 bits per heavy atom. The summed E-state index contributed by atoms with van der Waals surface area (Å²) in [5, 5.41) is 4.70. The Hall–Kier alpha value is -1.97. The van der Waals surface area contributed by atoms with Crippen LogP contribution in [0.5, 0.6) is 0 Å². The van der Waals surface area contributed by atoms with Crippen molar-refractivity contribution in [1.29, 1.82) is 0 Å². The van der Waals surface area contributed by atoms with Crippen LogP contribution in [0.15, 0.2) is 29.2 Å². The molecule has 0 radical (unpaired) electrons. The lowest BCUT2D eigenvalue weighted by Gasteiger charge is -2.11. The molecule has 0 fully saturated rings. The Bertz CT molecular complexity index is 600. The van der Waals surface area contributed by atoms with Crippen molar-refractivity contribution in [2.45, 2.75) is 4.90 Å². The number of carbonyl (C=O) groups excluding carboxylic acids is 2. The van der Waals surface area contributed by atoms with Crippen molar-refractivity contribution in [3.63, 3.8) is 0 Å². The van der Waals surface area contributed by atoms with E-state index in [1.165, 1.54) is 25.2 Å². The van der Waals surface area contributed by atoms with E-state index in [1.54, 1.807) is 6.07 Å². The molecule has 9 heteroatoms. The Balaban J connectivity index is 2.83. The molecule has 8 nitrogen and oxygen atoms in total. The summed E-state index contributed by atoms with van der Waals surface area (Å²) in [5.74, 6) is -1.03. The number of hydrogen-bond donors (Lipinski definition) is 4. The second-order valence-corrected chi connectivity index (χ2v) is 5.59. The summed E-state index contributed by atoms with van der Waals surface area (Å²) in [6.07, 6.45) is 0. The van der Waals surface area contributed by atoms with E-state index in [4.69, 9.17) is 5.73 Å². The predicted molar refractivity (Wildman–Crippen MR) is 73.4 cm³/mol. The maximum Gasteiger partial charge on any atom is 0.243 e. The fraction of sp³-hybridized carbons (Fsp3) is 0.273. The molecule has 0 saturated carbocycles. The second-order valence-electron chi connectivity index (χ2n) is 3.73. The molecule has 0 spiro atoms. The summed E-state index contributed by atoms with van der Waals surface area (Å²) < 4.78 is 25.7. The highest BCUT2D eigenvalue weighted by Gasteiger charge is 2.17. The van der Waals surface area contributed by atoms with Crippen LogP contribution in [0.25, 0.3) is 0 Å². The number of anilines is 1. The van der Waals surface area contributed by atoms with Crippen LogP contribution in [0.1, 0.15) is 0 Å². The molecule has 0 unspecified atom stereocenters. The summed E-state index contributed by atoms with van der Waals surface area (Å²) in [6, 6.07) is 5.94. The summed E-state index contributed by atoms with van der Waals surface area (Å²) in [4.78, 5) is 22.5. The van der Waals surface area contributed by atoms with Gasteiger partial charge in [-0.25, -0.2) is 13.1 Å². The lowest BCUT2D eigenvalue weighted by atomic mass is 10.3. The van der Waals surface area contributed by atoms with Gasteiger partial charge in [-0.3, -0.25) is 9.59 Å². The summed E-state index contributed by atoms with van der Waals surface area (Å²) in [5.41, 5.74) is 5.21. The summed E-state index contributed by atoms with van der Waals surface area (Å²) >= 11 is 0. The van der Waals surface area contributed by atoms with Crippen molar-refractivity contribution in [3.05, 3.63) is 24.3 Å². The Kier molecular flexibility index (Phi) is 5.62. The largest absolute Gasteiger partial charge is 0.346 e. The van der Waals surface area contributed by atoms with E-state index in [0.717, 1.165) is 0 Å². The van der Waals surface area contributed by atoms with E-state index < -0.39 is 21.8 Å². The molecule has 0 bridgehead atoms. The monoisotopic (exact) mass is 300 g/mol. The minimum atomic E-state index is -3.68. The van der Waals surface area contributed by atoms with Gasteiger partial charge < -0.3 is 16.4 Å². The van der Waals surface area contributed by atoms with Crippen molar-refractivity contribution in [2.75, 3.05) is 25.5 Å². The van der Waals surface area contributed by atoms with Gasteiger partial charge in [0.25, 0.3) is 0 Å². The first-order valence-electron chi connectivity index (χ1n) is 5.70. The lowest BCUT2D eigenvalue weighted by Crippen LogP contribution is -2.36. The van der Waals surface area contributed by atoms with Gasteiger partial charge in [0.1, 0.15) is 4.90 Å². The molecule has 1 rings (SSSR count). The van der Waals surface area contributed by atoms with Gasteiger partial charge in [-0.05, 0) is 19.2 Å². The zero-order valence-electron chi connectivity index (χ0n) is 10.8. The average molecular weight is 300 g/mol. The molecule has 0 aliphatic rings. The predicted octanol–water partition coefficient (Wildman–Crippen LogP) is -1.39. The quantitative estimate of drug-likeness (QED) is 0.514. The minimum absolute atomic E-state index is 0.0546. The molecule has 1 aromatic carbocycles. The summed E-state index contributed by atoms with van der Waals surface area (Å²) in [6.45, 7) is -0.512. The molecular formula is C11H16N4O4S. The van der Waals surface area contributed by atoms with Crippen LogP contribution in [-0.4, -0.2) is 40.4 Å². The molecule has 0 aliphatic carbocycles. The molecule has 0 atom stereocenters. The van der Waals surface area contributed by atoms with Gasteiger partial charge in [0, 0.05) is 0 Å². The van der Waals surface area contributed by atoms with Gasteiger partial charge >= 0.3 is 0 Å². The van der Waals surface area contributed by atoms with E-state index in [-0.39, 0.29) is 23.7 Å². The van der Waals surface area contributed by atoms with Crippen LogP contribution < -0.4 is 21.1 Å². The molecule has 2 amide bonds. The van der Waals surface area contributed by atoms with Crippen LogP contribution >= 0.6 is 0 Å². The van der Waals surface area contributed by atoms with Gasteiger partial charge in [-0.2, -0.15) is 0 Å². The van der Waals surface area contributed by atoms with Crippen molar-refractivity contribution in [3.8, 4) is 0 Å². The number of amides is 2. The highest BCUT2D eigenvalue weighted by atomic mass is 32.2. The summed E-state index contributed by atoms with van der Waals surface area (Å²) in [7, 11) is -2.41. The topological polar surface area (TPSA) is 130 Å². The number of benzene rings is 1. The highest BCUT2D eigenvalue weighted by molar-refractivity contribution is 7.89. The molecule has 5 N–H and O–H groups in total. The maximum atomic E-state index is 11.8. The SMILES string of the molecule is CNS(=O)(=O)c1ccccc1NC(=O)CNC(=O)CN. The van der Waals surface area contributed by atoms with Crippen LogP contribution in [0.2, 0.25) is 0 Å². The first-order valence-corrected chi connectivity index (χ1v) is 7.18. The third-order valence-corrected chi connectivity index (χ3v) is 3.82. The smallest absolute Gasteiger partial charge is 0.243 e. The first-order chi connectivity index (χ1) is 9.40. The standard InChI is InChI=1S/C11H16N4O4S/c1-13-20(18,19)9-5-3-2-4-8(9)15-11(17)7-14-10(16)6-12/h2-5,13H,6-7,12H2,1H3,(H,14,16)(H,15,17). The third kappa shape index (κ3) is 4.30. The first kappa shape index (κ1) is 16.1. The number of para-hydroxylation sites is 1. The zero-order chi connectivity index (χ0) is 15.2. The van der Waals surface area contributed by atoms with Crippen molar-refractivity contribution in [2.24, 2.45) is 5.73 Å². The zero-order valence-corrected chi connectivity index (χ0v) is 11.7. The van der Waals surface area contributed by atoms with Gasteiger partial charge in [0.15, 0.2) is 0 Å². The molecule has 0 saturated heterocycles. The van der Waals surface area contributed by atoms with E-state index in [1.807, 2.05) is 0 Å². The molecule has 1 aromatic rings. The van der Waals surface area contributed by atoms with Crippen LogP contribution in [0, 0.1) is 0 Å². The maximum absolute atomic E-state index is 11.8. The molecule has 20 heavy (non-hydrogen) atoms.